The number of hydrogen-bond donors (Lipinski definition) is 1. The molecule has 0 spiro atoms. The van der Waals surface area contributed by atoms with Crippen LogP contribution in [0.1, 0.15) is 65.2 Å². The number of aliphatic hydroxyl groups is 1. The Hall–Kier alpha value is -0.0800. The van der Waals surface area contributed by atoms with E-state index < -0.39 is 5.60 Å². The Labute approximate surface area is 106 Å². The van der Waals surface area contributed by atoms with Crippen molar-refractivity contribution in [1.29, 1.82) is 0 Å². The molecule has 17 heavy (non-hydrogen) atoms. The van der Waals surface area contributed by atoms with Crippen LogP contribution in [0.5, 0.6) is 0 Å². The Morgan fingerprint density at radius 3 is 2.41 bits per heavy atom. The van der Waals surface area contributed by atoms with Gasteiger partial charge < -0.3 is 9.84 Å². The first kappa shape index (κ1) is 13.4. The molecule has 0 aromatic heterocycles. The fourth-order valence-corrected chi connectivity index (χ4v) is 3.70. The van der Waals surface area contributed by atoms with Crippen LogP contribution >= 0.6 is 0 Å². The molecular weight excluding hydrogens is 212 g/mol. The summed E-state index contributed by atoms with van der Waals surface area (Å²) in [5, 5.41) is 10.9. The molecule has 1 N–H and O–H groups in total. The van der Waals surface area contributed by atoms with E-state index in [1.54, 1.807) is 0 Å². The normalized spacial score (nSPS) is 43.6. The zero-order chi connectivity index (χ0) is 12.3. The van der Waals surface area contributed by atoms with E-state index in [2.05, 4.69) is 13.8 Å². The Morgan fingerprint density at radius 2 is 1.82 bits per heavy atom. The first-order valence-corrected chi connectivity index (χ1v) is 7.52. The topological polar surface area (TPSA) is 29.5 Å². The van der Waals surface area contributed by atoms with Crippen molar-refractivity contribution in [3.8, 4) is 0 Å². The first-order chi connectivity index (χ1) is 8.18. The van der Waals surface area contributed by atoms with E-state index in [1.165, 1.54) is 32.1 Å². The molecule has 0 amide bonds. The summed E-state index contributed by atoms with van der Waals surface area (Å²) < 4.78 is 5.70. The molecule has 1 aliphatic carbocycles. The second kappa shape index (κ2) is 5.71. The molecule has 2 rings (SSSR count). The van der Waals surface area contributed by atoms with Crippen LogP contribution in [0.4, 0.5) is 0 Å². The van der Waals surface area contributed by atoms with Gasteiger partial charge in [-0.3, -0.25) is 0 Å². The number of rotatable bonds is 3. The van der Waals surface area contributed by atoms with E-state index in [0.717, 1.165) is 31.8 Å². The third kappa shape index (κ3) is 3.03. The van der Waals surface area contributed by atoms with Gasteiger partial charge in [0.1, 0.15) is 0 Å². The molecule has 0 bridgehead atoms. The molecule has 2 heteroatoms. The van der Waals surface area contributed by atoms with Crippen molar-refractivity contribution in [1.82, 2.24) is 0 Å². The summed E-state index contributed by atoms with van der Waals surface area (Å²) in [4.78, 5) is 0. The Balaban J connectivity index is 1.92. The van der Waals surface area contributed by atoms with Crippen LogP contribution in [0.2, 0.25) is 0 Å². The quantitative estimate of drug-likeness (QED) is 0.818. The summed E-state index contributed by atoms with van der Waals surface area (Å²) in [7, 11) is 0. The van der Waals surface area contributed by atoms with Gasteiger partial charge in [0.05, 0.1) is 11.7 Å². The maximum atomic E-state index is 10.9. The standard InChI is InChI=1S/C15H28O2/c1-3-12-5-7-13(8-6-12)15(16)9-10-17-14(4-2)11-15/h12-14,16H,3-11H2,1-2H3. The van der Waals surface area contributed by atoms with Crippen molar-refractivity contribution < 1.29 is 9.84 Å². The van der Waals surface area contributed by atoms with Crippen LogP contribution in [0.25, 0.3) is 0 Å². The lowest BCUT2D eigenvalue weighted by Crippen LogP contribution is -2.47. The van der Waals surface area contributed by atoms with E-state index in [9.17, 15) is 5.11 Å². The minimum atomic E-state index is -0.419. The summed E-state index contributed by atoms with van der Waals surface area (Å²) in [6.45, 7) is 5.20. The molecule has 1 heterocycles. The van der Waals surface area contributed by atoms with Crippen molar-refractivity contribution in [2.45, 2.75) is 76.9 Å². The molecule has 0 aromatic rings. The molecule has 0 aromatic carbocycles. The minimum absolute atomic E-state index is 0.289. The van der Waals surface area contributed by atoms with Gasteiger partial charge in [-0.05, 0) is 37.5 Å². The average Bonchev–Trinajstić information content (AvgIpc) is 2.39. The maximum Gasteiger partial charge on any atom is 0.0722 e. The second-order valence-electron chi connectivity index (χ2n) is 6.08. The summed E-state index contributed by atoms with van der Waals surface area (Å²) in [6, 6.07) is 0. The smallest absolute Gasteiger partial charge is 0.0722 e. The van der Waals surface area contributed by atoms with Gasteiger partial charge >= 0.3 is 0 Å². The summed E-state index contributed by atoms with van der Waals surface area (Å²) in [5.74, 6) is 1.44. The van der Waals surface area contributed by atoms with Crippen LogP contribution < -0.4 is 0 Å². The van der Waals surface area contributed by atoms with Gasteiger partial charge in [-0.2, -0.15) is 0 Å². The van der Waals surface area contributed by atoms with Gasteiger partial charge in [0.25, 0.3) is 0 Å². The Kier molecular flexibility index (Phi) is 4.48. The molecule has 2 atom stereocenters. The van der Waals surface area contributed by atoms with E-state index in [4.69, 9.17) is 4.74 Å². The van der Waals surface area contributed by atoms with E-state index in [-0.39, 0.29) is 6.10 Å². The summed E-state index contributed by atoms with van der Waals surface area (Å²) >= 11 is 0. The SMILES string of the molecule is CCC1CCC(C2(O)CCOC(CC)C2)CC1. The average molecular weight is 240 g/mol. The van der Waals surface area contributed by atoms with Gasteiger partial charge in [0.15, 0.2) is 0 Å². The maximum absolute atomic E-state index is 10.9. The van der Waals surface area contributed by atoms with Crippen molar-refractivity contribution in [3.05, 3.63) is 0 Å². The van der Waals surface area contributed by atoms with Gasteiger partial charge in [0, 0.05) is 13.0 Å². The van der Waals surface area contributed by atoms with Crippen LogP contribution in [0, 0.1) is 11.8 Å². The van der Waals surface area contributed by atoms with E-state index in [1.807, 2.05) is 0 Å². The fourth-order valence-electron chi connectivity index (χ4n) is 3.70. The van der Waals surface area contributed by atoms with Crippen LogP contribution in [-0.2, 0) is 4.74 Å². The van der Waals surface area contributed by atoms with Crippen molar-refractivity contribution in [2.75, 3.05) is 6.61 Å². The monoisotopic (exact) mass is 240 g/mol. The van der Waals surface area contributed by atoms with Crippen molar-refractivity contribution in [3.63, 3.8) is 0 Å². The largest absolute Gasteiger partial charge is 0.389 e. The highest BCUT2D eigenvalue weighted by Gasteiger charge is 2.42. The van der Waals surface area contributed by atoms with Crippen LogP contribution in [0.15, 0.2) is 0 Å². The molecule has 100 valence electrons. The molecule has 0 radical (unpaired) electrons. The fraction of sp³-hybridized carbons (Fsp3) is 1.00. The summed E-state index contributed by atoms with van der Waals surface area (Å²) in [5.41, 5.74) is -0.419. The highest BCUT2D eigenvalue weighted by molar-refractivity contribution is 4.93. The van der Waals surface area contributed by atoms with Crippen molar-refractivity contribution >= 4 is 0 Å². The minimum Gasteiger partial charge on any atom is -0.389 e. The molecule has 1 saturated heterocycles. The lowest BCUT2D eigenvalue weighted by Gasteiger charge is -2.44. The first-order valence-electron chi connectivity index (χ1n) is 7.52. The van der Waals surface area contributed by atoms with Crippen LogP contribution in [0.3, 0.4) is 0 Å². The molecule has 2 nitrogen and oxygen atoms in total. The predicted molar refractivity (Wildman–Crippen MR) is 70.0 cm³/mol. The highest BCUT2D eigenvalue weighted by Crippen LogP contribution is 2.42. The third-order valence-corrected chi connectivity index (χ3v) is 5.11. The third-order valence-electron chi connectivity index (χ3n) is 5.11. The van der Waals surface area contributed by atoms with Crippen molar-refractivity contribution in [2.24, 2.45) is 11.8 Å². The number of hydrogen-bond acceptors (Lipinski definition) is 2. The van der Waals surface area contributed by atoms with Gasteiger partial charge in [-0.1, -0.05) is 33.1 Å². The highest BCUT2D eigenvalue weighted by atomic mass is 16.5. The summed E-state index contributed by atoms with van der Waals surface area (Å²) in [6.07, 6.45) is 9.45. The molecular formula is C15H28O2. The second-order valence-corrected chi connectivity index (χ2v) is 6.08. The van der Waals surface area contributed by atoms with Gasteiger partial charge in [0.2, 0.25) is 0 Å². The van der Waals surface area contributed by atoms with Crippen LogP contribution in [-0.4, -0.2) is 23.4 Å². The lowest BCUT2D eigenvalue weighted by molar-refractivity contribution is -0.139. The Morgan fingerprint density at radius 1 is 1.12 bits per heavy atom. The molecule has 1 saturated carbocycles. The molecule has 2 unspecified atom stereocenters. The van der Waals surface area contributed by atoms with Gasteiger partial charge in [-0.25, -0.2) is 0 Å². The predicted octanol–water partition coefficient (Wildman–Crippen LogP) is 3.52. The lowest BCUT2D eigenvalue weighted by atomic mass is 9.69. The Bertz CT molecular complexity index is 233. The van der Waals surface area contributed by atoms with E-state index >= 15 is 0 Å². The molecule has 2 aliphatic rings. The zero-order valence-corrected chi connectivity index (χ0v) is 11.5. The number of ether oxygens (including phenoxy) is 1. The zero-order valence-electron chi connectivity index (χ0n) is 11.5. The van der Waals surface area contributed by atoms with Gasteiger partial charge in [-0.15, -0.1) is 0 Å². The van der Waals surface area contributed by atoms with E-state index in [0.29, 0.717) is 5.92 Å². The molecule has 1 aliphatic heterocycles. The molecule has 2 fully saturated rings.